The van der Waals surface area contributed by atoms with Crippen LogP contribution in [0.2, 0.25) is 0 Å². The van der Waals surface area contributed by atoms with E-state index in [-0.39, 0.29) is 12.5 Å². The first kappa shape index (κ1) is 7.39. The maximum Gasteiger partial charge on any atom is 0.239 e. The van der Waals surface area contributed by atoms with E-state index in [0.717, 1.165) is 0 Å². The fourth-order valence-electron chi connectivity index (χ4n) is 0.268. The largest absolute Gasteiger partial charge is 0.394 e. The van der Waals surface area contributed by atoms with Crippen molar-refractivity contribution in [2.45, 2.75) is 6.04 Å². The molecule has 1 atom stereocenters. The van der Waals surface area contributed by atoms with Gasteiger partial charge in [0.15, 0.2) is 0 Å². The van der Waals surface area contributed by atoms with Crippen molar-refractivity contribution in [1.82, 2.24) is 5.32 Å². The highest BCUT2D eigenvalue weighted by Gasteiger charge is 2.07. The summed E-state index contributed by atoms with van der Waals surface area (Å²) in [6, 6.07) is -0.778. The summed E-state index contributed by atoms with van der Waals surface area (Å²) in [6.07, 6.45) is 0. The number of likely N-dealkylation sites (N-methyl/N-ethyl adjacent to an activating group) is 1. The number of nitrogens with one attached hydrogen (secondary N) is 1. The van der Waals surface area contributed by atoms with E-state index in [2.05, 4.69) is 5.32 Å². The van der Waals surface area contributed by atoms with Gasteiger partial charge in [-0.25, -0.2) is 0 Å². The lowest BCUT2D eigenvalue weighted by Gasteiger charge is -2.03. The highest BCUT2D eigenvalue weighted by atomic mass is 16.3. The molecule has 0 rings (SSSR count). The van der Waals surface area contributed by atoms with Crippen molar-refractivity contribution in [2.75, 3.05) is 13.7 Å². The number of carbonyl (C=O) groups excluding carboxylic acids is 1. The van der Waals surface area contributed by atoms with Crippen LogP contribution < -0.4 is 11.1 Å². The smallest absolute Gasteiger partial charge is 0.239 e. The van der Waals surface area contributed by atoms with Crippen molar-refractivity contribution in [3.05, 3.63) is 0 Å². The predicted molar refractivity (Wildman–Crippen MR) is 29.1 cm³/mol. The van der Waals surface area contributed by atoms with Crippen LogP contribution in [-0.2, 0) is 4.79 Å². The van der Waals surface area contributed by atoms with Gasteiger partial charge in [0.1, 0.15) is 6.04 Å². The van der Waals surface area contributed by atoms with Crippen molar-refractivity contribution in [2.24, 2.45) is 5.73 Å². The van der Waals surface area contributed by atoms with E-state index >= 15 is 0 Å². The second-order valence-corrected chi connectivity index (χ2v) is 1.40. The first-order chi connectivity index (χ1) is 3.72. The number of nitrogens with two attached hydrogens (primary N) is 1. The molecule has 1 unspecified atom stereocenters. The summed E-state index contributed by atoms with van der Waals surface area (Å²) in [5.41, 5.74) is 5.06. The van der Waals surface area contributed by atoms with Gasteiger partial charge in [-0.1, -0.05) is 0 Å². The lowest BCUT2D eigenvalue weighted by atomic mass is 10.3. The van der Waals surface area contributed by atoms with Crippen LogP contribution >= 0.6 is 0 Å². The van der Waals surface area contributed by atoms with Gasteiger partial charge in [-0.3, -0.25) is 4.79 Å². The topological polar surface area (TPSA) is 75.4 Å². The Hall–Kier alpha value is -0.610. The van der Waals surface area contributed by atoms with E-state index in [1.165, 1.54) is 7.05 Å². The van der Waals surface area contributed by atoms with Gasteiger partial charge in [0.05, 0.1) is 6.61 Å². The minimum Gasteiger partial charge on any atom is -0.394 e. The maximum absolute atomic E-state index is 10.3. The fourth-order valence-corrected chi connectivity index (χ4v) is 0.268. The standard InChI is InChI=1S/C4H10N2O2/c1-6-4(8)3(5)2-7/h3,7H,2,5H2,1H3,(H,6,8). The molecule has 0 saturated carbocycles. The fraction of sp³-hybridized carbons (Fsp3) is 0.750. The lowest BCUT2D eigenvalue weighted by molar-refractivity contribution is -0.122. The molecule has 0 aliphatic heterocycles. The molecular weight excluding hydrogens is 108 g/mol. The minimum atomic E-state index is -0.778. The number of amides is 1. The molecule has 0 aliphatic rings. The molecule has 0 fully saturated rings. The molecule has 1 amide bonds. The van der Waals surface area contributed by atoms with E-state index in [9.17, 15) is 4.79 Å². The molecule has 48 valence electrons. The number of hydrogen-bond acceptors (Lipinski definition) is 3. The third-order valence-corrected chi connectivity index (χ3v) is 0.780. The summed E-state index contributed by atoms with van der Waals surface area (Å²) in [6.45, 7) is -0.306. The summed E-state index contributed by atoms with van der Waals surface area (Å²) >= 11 is 0. The van der Waals surface area contributed by atoms with Gasteiger partial charge >= 0.3 is 0 Å². The number of aliphatic hydroxyl groups excluding tert-OH is 1. The summed E-state index contributed by atoms with van der Waals surface area (Å²) in [5, 5.41) is 10.5. The van der Waals surface area contributed by atoms with Gasteiger partial charge in [-0.05, 0) is 0 Å². The predicted octanol–water partition coefficient (Wildman–Crippen LogP) is -1.95. The van der Waals surface area contributed by atoms with Gasteiger partial charge in [0.25, 0.3) is 0 Å². The van der Waals surface area contributed by atoms with Crippen LogP contribution in [0.5, 0.6) is 0 Å². The normalized spacial score (nSPS) is 12.9. The first-order valence-electron chi connectivity index (χ1n) is 2.30. The summed E-state index contributed by atoms with van der Waals surface area (Å²) in [5.74, 6) is -0.340. The Morgan fingerprint density at radius 1 is 2.00 bits per heavy atom. The second-order valence-electron chi connectivity index (χ2n) is 1.40. The molecule has 0 saturated heterocycles. The third-order valence-electron chi connectivity index (χ3n) is 0.780. The zero-order valence-electron chi connectivity index (χ0n) is 4.72. The van der Waals surface area contributed by atoms with Crippen LogP contribution in [-0.4, -0.2) is 30.7 Å². The maximum atomic E-state index is 10.3. The average Bonchev–Trinajstić information content (AvgIpc) is 1.84. The van der Waals surface area contributed by atoms with Crippen molar-refractivity contribution >= 4 is 5.91 Å². The molecule has 8 heavy (non-hydrogen) atoms. The van der Waals surface area contributed by atoms with Gasteiger partial charge < -0.3 is 16.2 Å². The van der Waals surface area contributed by atoms with Crippen molar-refractivity contribution in [3.63, 3.8) is 0 Å². The van der Waals surface area contributed by atoms with Crippen molar-refractivity contribution in [3.8, 4) is 0 Å². The molecule has 0 radical (unpaired) electrons. The van der Waals surface area contributed by atoms with E-state index < -0.39 is 6.04 Å². The number of aliphatic hydroxyl groups is 1. The minimum absolute atomic E-state index is 0.306. The van der Waals surface area contributed by atoms with Gasteiger partial charge in [0, 0.05) is 7.05 Å². The molecule has 0 aliphatic carbocycles. The first-order valence-corrected chi connectivity index (χ1v) is 2.30. The molecule has 4 nitrogen and oxygen atoms in total. The number of hydrogen-bond donors (Lipinski definition) is 3. The van der Waals surface area contributed by atoms with E-state index in [0.29, 0.717) is 0 Å². The van der Waals surface area contributed by atoms with Crippen molar-refractivity contribution < 1.29 is 9.90 Å². The number of carbonyl (C=O) groups is 1. The molecule has 0 spiro atoms. The van der Waals surface area contributed by atoms with E-state index in [4.69, 9.17) is 10.8 Å². The summed E-state index contributed by atoms with van der Waals surface area (Å²) < 4.78 is 0. The van der Waals surface area contributed by atoms with Gasteiger partial charge in [-0.15, -0.1) is 0 Å². The highest BCUT2D eigenvalue weighted by Crippen LogP contribution is 1.71. The molecule has 0 aromatic heterocycles. The van der Waals surface area contributed by atoms with Crippen LogP contribution in [0.4, 0.5) is 0 Å². The summed E-state index contributed by atoms with van der Waals surface area (Å²) in [4.78, 5) is 10.3. The molecule has 4 heteroatoms. The molecule has 0 aromatic carbocycles. The van der Waals surface area contributed by atoms with Crippen LogP contribution in [0.1, 0.15) is 0 Å². The van der Waals surface area contributed by atoms with Gasteiger partial charge in [0.2, 0.25) is 5.91 Å². The van der Waals surface area contributed by atoms with Crippen molar-refractivity contribution in [1.29, 1.82) is 0 Å². The number of rotatable bonds is 2. The Balaban J connectivity index is 3.46. The monoisotopic (exact) mass is 118 g/mol. The molecule has 0 heterocycles. The average molecular weight is 118 g/mol. The van der Waals surface area contributed by atoms with Crippen LogP contribution in [0.3, 0.4) is 0 Å². The summed E-state index contributed by atoms with van der Waals surface area (Å²) in [7, 11) is 1.47. The zero-order chi connectivity index (χ0) is 6.57. The van der Waals surface area contributed by atoms with E-state index in [1.807, 2.05) is 0 Å². The Labute approximate surface area is 47.7 Å². The quantitative estimate of drug-likeness (QED) is 0.394. The SMILES string of the molecule is CNC(=O)C(N)CO. The van der Waals surface area contributed by atoms with Crippen LogP contribution in [0.15, 0.2) is 0 Å². The molecular formula is C4H10N2O2. The molecule has 0 aromatic rings. The third kappa shape index (κ3) is 1.90. The van der Waals surface area contributed by atoms with E-state index in [1.54, 1.807) is 0 Å². The zero-order valence-corrected chi connectivity index (χ0v) is 4.72. The molecule has 4 N–H and O–H groups in total. The lowest BCUT2D eigenvalue weighted by Crippen LogP contribution is -2.41. The van der Waals surface area contributed by atoms with Crippen LogP contribution in [0, 0.1) is 0 Å². The Bertz CT molecular complexity index is 84.1. The van der Waals surface area contributed by atoms with Crippen LogP contribution in [0.25, 0.3) is 0 Å². The Morgan fingerprint density at radius 2 is 2.50 bits per heavy atom. The molecule has 0 bridgehead atoms. The Kier molecular flexibility index (Phi) is 3.14. The highest BCUT2D eigenvalue weighted by molar-refractivity contribution is 5.81. The Morgan fingerprint density at radius 3 is 2.62 bits per heavy atom. The van der Waals surface area contributed by atoms with Gasteiger partial charge in [-0.2, -0.15) is 0 Å². The second kappa shape index (κ2) is 3.40.